The Bertz CT molecular complexity index is 494. The molecule has 2 aliphatic heterocycles. The molecule has 1 unspecified atom stereocenters. The van der Waals surface area contributed by atoms with Crippen molar-refractivity contribution in [3.05, 3.63) is 23.8 Å². The molecule has 1 atom stereocenters. The van der Waals surface area contributed by atoms with Crippen LogP contribution in [0.2, 0.25) is 0 Å². The lowest BCUT2D eigenvalue weighted by atomic mass is 10.1. The number of carbonyl (C=O) groups is 1. The van der Waals surface area contributed by atoms with Crippen molar-refractivity contribution in [2.24, 2.45) is 0 Å². The molecule has 5 heteroatoms. The molecule has 20 heavy (non-hydrogen) atoms. The number of hydrogen-bond donors (Lipinski definition) is 2. The number of amides is 1. The van der Waals surface area contributed by atoms with E-state index in [0.717, 1.165) is 36.0 Å². The van der Waals surface area contributed by atoms with E-state index in [2.05, 4.69) is 34.6 Å². The Morgan fingerprint density at radius 2 is 2.20 bits per heavy atom. The summed E-state index contributed by atoms with van der Waals surface area (Å²) in [6, 6.07) is 6.27. The summed E-state index contributed by atoms with van der Waals surface area (Å²) in [5, 5.41) is 6.23. The molecular formula is C15H21N3OS. The van der Waals surface area contributed by atoms with Crippen LogP contribution in [-0.2, 0) is 4.79 Å². The van der Waals surface area contributed by atoms with Crippen molar-refractivity contribution in [3.8, 4) is 0 Å². The van der Waals surface area contributed by atoms with Crippen molar-refractivity contribution in [1.82, 2.24) is 5.32 Å². The van der Waals surface area contributed by atoms with E-state index in [4.69, 9.17) is 0 Å². The van der Waals surface area contributed by atoms with E-state index in [9.17, 15) is 4.79 Å². The van der Waals surface area contributed by atoms with Crippen molar-refractivity contribution in [3.63, 3.8) is 0 Å². The van der Waals surface area contributed by atoms with Gasteiger partial charge in [-0.05, 0) is 43.5 Å². The molecular weight excluding hydrogens is 270 g/mol. The Kier molecular flexibility index (Phi) is 4.17. The molecule has 2 aliphatic rings. The zero-order valence-electron chi connectivity index (χ0n) is 11.8. The molecule has 1 amide bonds. The highest BCUT2D eigenvalue weighted by Crippen LogP contribution is 2.25. The second-order valence-electron chi connectivity index (χ2n) is 5.45. The first-order valence-corrected chi connectivity index (χ1v) is 8.37. The van der Waals surface area contributed by atoms with Crippen molar-refractivity contribution in [2.45, 2.75) is 25.8 Å². The Hall–Kier alpha value is -1.20. The Balaban J connectivity index is 1.68. The lowest BCUT2D eigenvalue weighted by Crippen LogP contribution is -2.37. The summed E-state index contributed by atoms with van der Waals surface area (Å²) >= 11 is 1.77. The van der Waals surface area contributed by atoms with Crippen molar-refractivity contribution in [2.75, 3.05) is 34.9 Å². The summed E-state index contributed by atoms with van der Waals surface area (Å²) in [6.45, 7) is 4.36. The number of hydrogen-bond acceptors (Lipinski definition) is 4. The Labute approximate surface area is 124 Å². The number of carbonyl (C=O) groups excluding carboxylic acids is 1. The zero-order valence-corrected chi connectivity index (χ0v) is 12.6. The van der Waals surface area contributed by atoms with Gasteiger partial charge in [-0.1, -0.05) is 0 Å². The van der Waals surface area contributed by atoms with E-state index in [1.807, 2.05) is 6.07 Å². The predicted octanol–water partition coefficient (Wildman–Crippen LogP) is 2.20. The molecule has 4 nitrogen and oxygen atoms in total. The highest BCUT2D eigenvalue weighted by molar-refractivity contribution is 7.99. The first-order valence-electron chi connectivity index (χ1n) is 7.21. The third-order valence-corrected chi connectivity index (χ3v) is 4.91. The molecule has 108 valence electrons. The fourth-order valence-corrected chi connectivity index (χ4v) is 3.69. The number of nitrogens with one attached hydrogen (secondary N) is 2. The molecule has 3 rings (SSSR count). The van der Waals surface area contributed by atoms with E-state index in [-0.39, 0.29) is 11.9 Å². The molecule has 2 N–H and O–H groups in total. The van der Waals surface area contributed by atoms with Crippen LogP contribution >= 0.6 is 11.8 Å². The van der Waals surface area contributed by atoms with Gasteiger partial charge in [0, 0.05) is 36.1 Å². The zero-order chi connectivity index (χ0) is 13.9. The highest BCUT2D eigenvalue weighted by atomic mass is 32.2. The quantitative estimate of drug-likeness (QED) is 0.896. The number of anilines is 2. The normalized spacial score (nSPS) is 22.2. The molecule has 1 aromatic carbocycles. The van der Waals surface area contributed by atoms with Gasteiger partial charge in [0.15, 0.2) is 0 Å². The largest absolute Gasteiger partial charge is 0.372 e. The van der Waals surface area contributed by atoms with Gasteiger partial charge in [0.05, 0.1) is 6.04 Å². The molecule has 2 fully saturated rings. The molecule has 0 aliphatic carbocycles. The monoisotopic (exact) mass is 291 g/mol. The lowest BCUT2D eigenvalue weighted by molar-refractivity contribution is -0.117. The summed E-state index contributed by atoms with van der Waals surface area (Å²) in [5.41, 5.74) is 3.33. The van der Waals surface area contributed by atoms with Crippen LogP contribution in [0.1, 0.15) is 18.4 Å². The third-order valence-electron chi connectivity index (χ3n) is 3.97. The van der Waals surface area contributed by atoms with Crippen LogP contribution in [-0.4, -0.2) is 36.7 Å². The Morgan fingerprint density at radius 1 is 1.40 bits per heavy atom. The summed E-state index contributed by atoms with van der Waals surface area (Å²) in [6.07, 6.45) is 2.56. The molecule has 2 heterocycles. The minimum Gasteiger partial charge on any atom is -0.372 e. The second kappa shape index (κ2) is 6.06. The number of nitrogens with zero attached hydrogens (tertiary/aromatic N) is 1. The van der Waals surface area contributed by atoms with Gasteiger partial charge in [-0.3, -0.25) is 10.1 Å². The van der Waals surface area contributed by atoms with E-state index in [1.165, 1.54) is 18.5 Å². The van der Waals surface area contributed by atoms with Gasteiger partial charge in [-0.15, -0.1) is 11.8 Å². The van der Waals surface area contributed by atoms with Crippen LogP contribution < -0.4 is 15.5 Å². The first-order chi connectivity index (χ1) is 9.74. The summed E-state index contributed by atoms with van der Waals surface area (Å²) in [5.74, 6) is 1.80. The summed E-state index contributed by atoms with van der Waals surface area (Å²) in [4.78, 5) is 14.5. The van der Waals surface area contributed by atoms with Crippen molar-refractivity contribution >= 4 is 29.0 Å². The van der Waals surface area contributed by atoms with Crippen LogP contribution in [0.5, 0.6) is 0 Å². The molecule has 0 saturated carbocycles. The maximum absolute atomic E-state index is 12.1. The van der Waals surface area contributed by atoms with Gasteiger partial charge in [0.25, 0.3) is 0 Å². The summed E-state index contributed by atoms with van der Waals surface area (Å²) in [7, 11) is 0. The minimum absolute atomic E-state index is 0.0577. The lowest BCUT2D eigenvalue weighted by Gasteiger charge is -2.20. The average molecular weight is 291 g/mol. The van der Waals surface area contributed by atoms with Crippen molar-refractivity contribution in [1.29, 1.82) is 0 Å². The molecule has 2 saturated heterocycles. The standard InChI is InChI=1S/C15H21N3OS/c1-11-8-12(18-6-2-3-7-18)4-5-13(11)17-15(19)14-9-20-10-16-14/h4-5,8,14,16H,2-3,6-7,9-10H2,1H3,(H,17,19). The van der Waals surface area contributed by atoms with Gasteiger partial charge in [0.1, 0.15) is 0 Å². The predicted molar refractivity (Wildman–Crippen MR) is 85.5 cm³/mol. The SMILES string of the molecule is Cc1cc(N2CCCC2)ccc1NC(=O)C1CSCN1. The third kappa shape index (κ3) is 2.94. The molecule has 0 radical (unpaired) electrons. The van der Waals surface area contributed by atoms with Crippen LogP contribution in [0.15, 0.2) is 18.2 Å². The molecule has 0 aromatic heterocycles. The maximum atomic E-state index is 12.1. The van der Waals surface area contributed by atoms with Crippen molar-refractivity contribution < 1.29 is 4.79 Å². The van der Waals surface area contributed by atoms with Crippen LogP contribution in [0, 0.1) is 6.92 Å². The number of rotatable bonds is 3. The molecule has 0 spiro atoms. The van der Waals surface area contributed by atoms with Gasteiger partial charge in [0.2, 0.25) is 5.91 Å². The average Bonchev–Trinajstić information content (AvgIpc) is 3.14. The molecule has 0 bridgehead atoms. The van der Waals surface area contributed by atoms with Gasteiger partial charge in [-0.25, -0.2) is 0 Å². The van der Waals surface area contributed by atoms with Crippen LogP contribution in [0.25, 0.3) is 0 Å². The van der Waals surface area contributed by atoms with E-state index >= 15 is 0 Å². The highest BCUT2D eigenvalue weighted by Gasteiger charge is 2.23. The fraction of sp³-hybridized carbons (Fsp3) is 0.533. The van der Waals surface area contributed by atoms with Gasteiger partial charge < -0.3 is 10.2 Å². The topological polar surface area (TPSA) is 44.4 Å². The first kappa shape index (κ1) is 13.8. The van der Waals surface area contributed by atoms with Gasteiger partial charge in [-0.2, -0.15) is 0 Å². The van der Waals surface area contributed by atoms with Gasteiger partial charge >= 0.3 is 0 Å². The smallest absolute Gasteiger partial charge is 0.242 e. The summed E-state index contributed by atoms with van der Waals surface area (Å²) < 4.78 is 0. The number of thioether (sulfide) groups is 1. The number of aryl methyl sites for hydroxylation is 1. The Morgan fingerprint density at radius 3 is 2.85 bits per heavy atom. The van der Waals surface area contributed by atoms with E-state index < -0.39 is 0 Å². The maximum Gasteiger partial charge on any atom is 0.242 e. The molecule has 1 aromatic rings. The van der Waals surface area contributed by atoms with Crippen LogP contribution in [0.4, 0.5) is 11.4 Å². The minimum atomic E-state index is -0.0577. The fourth-order valence-electron chi connectivity index (χ4n) is 2.74. The van der Waals surface area contributed by atoms with Crippen LogP contribution in [0.3, 0.4) is 0 Å². The van der Waals surface area contributed by atoms with E-state index in [0.29, 0.717) is 0 Å². The van der Waals surface area contributed by atoms with E-state index in [1.54, 1.807) is 11.8 Å². The number of benzene rings is 1. The second-order valence-corrected chi connectivity index (χ2v) is 6.48.